The van der Waals surface area contributed by atoms with Gasteiger partial charge >= 0.3 is 11.8 Å². The van der Waals surface area contributed by atoms with Gasteiger partial charge in [-0.2, -0.15) is 15.2 Å². The number of hydrogen-bond acceptors (Lipinski definition) is 7. The number of hydrogen-bond donors (Lipinski definition) is 1. The molecule has 22 heavy (non-hydrogen) atoms. The number of thiophene rings is 1. The van der Waals surface area contributed by atoms with Gasteiger partial charge in [-0.3, -0.25) is 9.48 Å². The Morgan fingerprint density at radius 2 is 2.45 bits per heavy atom. The van der Waals surface area contributed by atoms with Crippen LogP contribution < -0.4 is 5.43 Å². The second-order valence-electron chi connectivity index (χ2n) is 4.10. The van der Waals surface area contributed by atoms with Crippen molar-refractivity contribution in [3.63, 3.8) is 0 Å². The van der Waals surface area contributed by atoms with Crippen LogP contribution in [0.1, 0.15) is 16.4 Å². The summed E-state index contributed by atoms with van der Waals surface area (Å²) in [4.78, 5) is 16.7. The fourth-order valence-corrected chi connectivity index (χ4v) is 2.69. The highest BCUT2D eigenvalue weighted by atomic mass is 79.9. The first-order valence-corrected chi connectivity index (χ1v) is 7.71. The Hall–Kier alpha value is -2.33. The zero-order valence-corrected chi connectivity index (χ0v) is 13.6. The first-order chi connectivity index (χ1) is 10.6. The Balaban J connectivity index is 1.68. The summed E-state index contributed by atoms with van der Waals surface area (Å²) in [5.74, 6) is -0.354. The van der Waals surface area contributed by atoms with E-state index >= 15 is 0 Å². The van der Waals surface area contributed by atoms with E-state index < -0.39 is 5.91 Å². The summed E-state index contributed by atoms with van der Waals surface area (Å²) < 4.78 is 7.30. The van der Waals surface area contributed by atoms with Gasteiger partial charge in [0.25, 0.3) is 0 Å². The van der Waals surface area contributed by atoms with Crippen molar-refractivity contribution in [1.29, 1.82) is 0 Å². The molecule has 0 aromatic carbocycles. The molecule has 0 bridgehead atoms. The molecule has 0 saturated heterocycles. The molecular formula is C12H9BrN6O2S. The van der Waals surface area contributed by atoms with E-state index in [-0.39, 0.29) is 5.89 Å². The van der Waals surface area contributed by atoms with Crippen molar-refractivity contribution in [3.8, 4) is 10.7 Å². The minimum absolute atomic E-state index is 0.148. The van der Waals surface area contributed by atoms with Crippen LogP contribution in [-0.4, -0.2) is 32.0 Å². The zero-order chi connectivity index (χ0) is 15.5. The van der Waals surface area contributed by atoms with Gasteiger partial charge in [0.2, 0.25) is 5.82 Å². The van der Waals surface area contributed by atoms with Crippen molar-refractivity contribution in [2.45, 2.75) is 0 Å². The van der Waals surface area contributed by atoms with Gasteiger partial charge in [-0.15, -0.1) is 11.3 Å². The molecule has 112 valence electrons. The Morgan fingerprint density at radius 1 is 1.59 bits per heavy atom. The molecule has 0 unspecified atom stereocenters. The minimum Gasteiger partial charge on any atom is -0.328 e. The van der Waals surface area contributed by atoms with Crippen LogP contribution in [0.25, 0.3) is 10.7 Å². The Labute approximate surface area is 137 Å². The number of amides is 1. The van der Waals surface area contributed by atoms with Crippen LogP contribution in [0.15, 0.2) is 37.8 Å². The maximum Gasteiger partial charge on any atom is 0.329 e. The summed E-state index contributed by atoms with van der Waals surface area (Å²) in [7, 11) is 1.76. The van der Waals surface area contributed by atoms with E-state index in [1.165, 1.54) is 17.6 Å². The van der Waals surface area contributed by atoms with Crippen LogP contribution in [0.2, 0.25) is 0 Å². The molecule has 8 nitrogen and oxygen atoms in total. The summed E-state index contributed by atoms with van der Waals surface area (Å²) in [6.45, 7) is 0. The van der Waals surface area contributed by atoms with Crippen LogP contribution in [-0.2, 0) is 7.05 Å². The lowest BCUT2D eigenvalue weighted by Gasteiger charge is -1.95. The quantitative estimate of drug-likeness (QED) is 0.551. The van der Waals surface area contributed by atoms with Gasteiger partial charge in [-0.1, -0.05) is 11.2 Å². The number of nitrogens with one attached hydrogen (secondary N) is 1. The normalized spacial score (nSPS) is 11.2. The molecule has 0 aliphatic carbocycles. The monoisotopic (exact) mass is 380 g/mol. The fourth-order valence-electron chi connectivity index (χ4n) is 1.59. The number of rotatable bonds is 4. The van der Waals surface area contributed by atoms with E-state index in [4.69, 9.17) is 4.52 Å². The average molecular weight is 381 g/mol. The lowest BCUT2D eigenvalue weighted by atomic mass is 10.4. The lowest BCUT2D eigenvalue weighted by Crippen LogP contribution is -2.18. The molecule has 3 aromatic rings. The van der Waals surface area contributed by atoms with Crippen LogP contribution >= 0.6 is 27.3 Å². The first kappa shape index (κ1) is 14.6. The molecule has 0 saturated carbocycles. The van der Waals surface area contributed by atoms with E-state index in [0.29, 0.717) is 11.5 Å². The summed E-state index contributed by atoms with van der Waals surface area (Å²) >= 11 is 4.79. The number of halogens is 1. The Kier molecular flexibility index (Phi) is 4.11. The first-order valence-electron chi connectivity index (χ1n) is 6.03. The van der Waals surface area contributed by atoms with Crippen LogP contribution in [0.3, 0.4) is 0 Å². The van der Waals surface area contributed by atoms with Crippen LogP contribution in [0.4, 0.5) is 0 Å². The molecule has 0 aliphatic heterocycles. The second kappa shape index (κ2) is 6.20. The van der Waals surface area contributed by atoms with Crippen molar-refractivity contribution >= 4 is 39.4 Å². The van der Waals surface area contributed by atoms with E-state index in [1.807, 2.05) is 17.5 Å². The van der Waals surface area contributed by atoms with E-state index in [0.717, 1.165) is 9.35 Å². The molecule has 0 spiro atoms. The maximum atomic E-state index is 11.9. The van der Waals surface area contributed by atoms with Gasteiger partial charge in [0.1, 0.15) is 0 Å². The van der Waals surface area contributed by atoms with Crippen LogP contribution in [0, 0.1) is 0 Å². The lowest BCUT2D eigenvalue weighted by molar-refractivity contribution is 0.0911. The second-order valence-corrected chi connectivity index (χ2v) is 5.90. The van der Waals surface area contributed by atoms with Crippen molar-refractivity contribution in [2.24, 2.45) is 12.1 Å². The highest BCUT2D eigenvalue weighted by molar-refractivity contribution is 9.10. The number of nitrogens with zero attached hydrogens (tertiary/aromatic N) is 5. The number of carbonyl (C=O) groups excluding carboxylic acids is 1. The number of aryl methyl sites for hydroxylation is 1. The molecule has 10 heteroatoms. The van der Waals surface area contributed by atoms with E-state index in [9.17, 15) is 4.79 Å². The van der Waals surface area contributed by atoms with Gasteiger partial charge in [0.05, 0.1) is 27.5 Å². The standard InChI is InChI=1S/C12H9BrN6O2S/c1-19-8(7(13)5-15-19)6-14-17-11(20)12-16-10(18-21-12)9-3-2-4-22-9/h2-6H,1H3,(H,17,20)/b14-6+. The van der Waals surface area contributed by atoms with E-state index in [1.54, 1.807) is 17.9 Å². The van der Waals surface area contributed by atoms with Gasteiger partial charge in [-0.05, 0) is 27.4 Å². The van der Waals surface area contributed by atoms with Gasteiger partial charge in [-0.25, -0.2) is 5.43 Å². The molecule has 0 radical (unpaired) electrons. The SMILES string of the molecule is Cn1ncc(Br)c1/C=N/NC(=O)c1nc(-c2cccs2)no1. The predicted octanol–water partition coefficient (Wildman–Crippen LogP) is 2.06. The van der Waals surface area contributed by atoms with Crippen molar-refractivity contribution in [3.05, 3.63) is 39.8 Å². The molecule has 3 heterocycles. The highest BCUT2D eigenvalue weighted by Crippen LogP contribution is 2.21. The average Bonchev–Trinajstić information content (AvgIpc) is 3.22. The number of aromatic nitrogens is 4. The molecule has 3 aromatic heterocycles. The minimum atomic E-state index is -0.579. The predicted molar refractivity (Wildman–Crippen MR) is 83.6 cm³/mol. The Bertz CT molecular complexity index is 803. The van der Waals surface area contributed by atoms with Gasteiger partial charge < -0.3 is 4.52 Å². The Morgan fingerprint density at radius 3 is 3.14 bits per heavy atom. The highest BCUT2D eigenvalue weighted by Gasteiger charge is 2.16. The van der Waals surface area contributed by atoms with Gasteiger partial charge in [0, 0.05) is 7.05 Å². The molecule has 1 amide bonds. The molecule has 1 N–H and O–H groups in total. The van der Waals surface area contributed by atoms with Crippen molar-refractivity contribution in [2.75, 3.05) is 0 Å². The third-order valence-corrected chi connectivity index (χ3v) is 4.13. The topological polar surface area (TPSA) is 98.2 Å². The van der Waals surface area contributed by atoms with E-state index in [2.05, 4.69) is 41.7 Å². The number of carbonyl (C=O) groups is 1. The van der Waals surface area contributed by atoms with Crippen molar-refractivity contribution < 1.29 is 9.32 Å². The fraction of sp³-hybridized carbons (Fsp3) is 0.0833. The zero-order valence-electron chi connectivity index (χ0n) is 11.2. The maximum absolute atomic E-state index is 11.9. The summed E-state index contributed by atoms with van der Waals surface area (Å²) in [6, 6.07) is 3.71. The molecule has 0 atom stereocenters. The smallest absolute Gasteiger partial charge is 0.328 e. The number of hydrazone groups is 1. The molecular weight excluding hydrogens is 372 g/mol. The van der Waals surface area contributed by atoms with Crippen molar-refractivity contribution in [1.82, 2.24) is 25.3 Å². The third-order valence-electron chi connectivity index (χ3n) is 2.65. The molecule has 3 rings (SSSR count). The summed E-state index contributed by atoms with van der Waals surface area (Å²) in [5, 5.41) is 13.5. The summed E-state index contributed by atoms with van der Waals surface area (Å²) in [5.41, 5.74) is 3.04. The third kappa shape index (κ3) is 2.97. The molecule has 0 aliphatic rings. The summed E-state index contributed by atoms with van der Waals surface area (Å²) in [6.07, 6.45) is 3.10. The van der Waals surface area contributed by atoms with Gasteiger partial charge in [0.15, 0.2) is 0 Å². The molecule has 0 fully saturated rings. The largest absolute Gasteiger partial charge is 0.329 e. The van der Waals surface area contributed by atoms with Crippen LogP contribution in [0.5, 0.6) is 0 Å².